The van der Waals surface area contributed by atoms with Crippen LogP contribution in [-0.2, 0) is 0 Å². The zero-order valence-corrected chi connectivity index (χ0v) is 16.2. The van der Waals surface area contributed by atoms with E-state index in [-0.39, 0.29) is 5.91 Å². The van der Waals surface area contributed by atoms with Crippen molar-refractivity contribution >= 4 is 5.91 Å². The predicted molar refractivity (Wildman–Crippen MR) is 107 cm³/mol. The summed E-state index contributed by atoms with van der Waals surface area (Å²) in [6, 6.07) is 11.6. The van der Waals surface area contributed by atoms with Crippen molar-refractivity contribution in [2.45, 2.75) is 25.8 Å². The van der Waals surface area contributed by atoms with Gasteiger partial charge in [-0.3, -0.25) is 9.78 Å². The zero-order valence-electron chi connectivity index (χ0n) is 16.2. The maximum atomic E-state index is 12.8. The van der Waals surface area contributed by atoms with Gasteiger partial charge in [0.1, 0.15) is 11.6 Å². The molecule has 1 aliphatic rings. The largest absolute Gasteiger partial charge is 0.497 e. The molecule has 4 rings (SSSR count). The van der Waals surface area contributed by atoms with E-state index >= 15 is 0 Å². The number of aromatic nitrogens is 3. The monoisotopic (exact) mass is 376 g/mol. The van der Waals surface area contributed by atoms with Gasteiger partial charge in [0.15, 0.2) is 0 Å². The van der Waals surface area contributed by atoms with Crippen LogP contribution < -0.4 is 4.74 Å². The molecule has 0 aliphatic carbocycles. The number of ether oxygens (including phenoxy) is 1. The Morgan fingerprint density at radius 3 is 2.50 bits per heavy atom. The van der Waals surface area contributed by atoms with Gasteiger partial charge < -0.3 is 14.2 Å². The van der Waals surface area contributed by atoms with E-state index in [1.54, 1.807) is 13.3 Å². The lowest BCUT2D eigenvalue weighted by molar-refractivity contribution is 0.0694. The third kappa shape index (κ3) is 3.50. The average Bonchev–Trinajstić information content (AvgIpc) is 3.15. The average molecular weight is 376 g/mol. The molecule has 0 bridgehead atoms. The molecule has 0 N–H and O–H groups in total. The molecule has 0 saturated carbocycles. The van der Waals surface area contributed by atoms with Gasteiger partial charge in [-0.2, -0.15) is 0 Å². The van der Waals surface area contributed by atoms with Gasteiger partial charge in [-0.05, 0) is 56.2 Å². The molecule has 1 aromatic carbocycles. The van der Waals surface area contributed by atoms with E-state index in [1.165, 1.54) is 0 Å². The highest BCUT2D eigenvalue weighted by Gasteiger charge is 2.27. The lowest BCUT2D eigenvalue weighted by Crippen LogP contribution is -2.39. The van der Waals surface area contributed by atoms with Gasteiger partial charge in [-0.1, -0.05) is 0 Å². The Balaban J connectivity index is 1.47. The van der Waals surface area contributed by atoms with Crippen molar-refractivity contribution < 1.29 is 9.53 Å². The summed E-state index contributed by atoms with van der Waals surface area (Å²) in [5, 5.41) is 0. The van der Waals surface area contributed by atoms with Crippen LogP contribution in [0.2, 0.25) is 0 Å². The highest BCUT2D eigenvalue weighted by atomic mass is 16.5. The lowest BCUT2D eigenvalue weighted by atomic mass is 10.0. The van der Waals surface area contributed by atoms with Gasteiger partial charge in [0.25, 0.3) is 5.91 Å². The fourth-order valence-corrected chi connectivity index (χ4v) is 3.86. The van der Waals surface area contributed by atoms with E-state index in [9.17, 15) is 4.79 Å². The van der Waals surface area contributed by atoms with E-state index in [2.05, 4.69) is 21.5 Å². The number of methoxy groups -OCH3 is 1. The van der Waals surface area contributed by atoms with Crippen LogP contribution in [0.3, 0.4) is 0 Å². The van der Waals surface area contributed by atoms with Crippen molar-refractivity contribution in [2.24, 2.45) is 0 Å². The smallest absolute Gasteiger partial charge is 0.253 e. The number of carbonyl (C=O) groups excluding carboxylic acids is 1. The Bertz CT molecular complexity index is 942. The summed E-state index contributed by atoms with van der Waals surface area (Å²) < 4.78 is 7.47. The molecule has 3 heterocycles. The fourth-order valence-electron chi connectivity index (χ4n) is 3.86. The molecular weight excluding hydrogens is 352 g/mol. The summed E-state index contributed by atoms with van der Waals surface area (Å²) in [6.45, 7) is 3.56. The van der Waals surface area contributed by atoms with Crippen molar-refractivity contribution in [3.63, 3.8) is 0 Å². The number of piperidine rings is 1. The summed E-state index contributed by atoms with van der Waals surface area (Å²) >= 11 is 0. The molecular formula is C22H24N4O2. The summed E-state index contributed by atoms with van der Waals surface area (Å²) in [5.74, 6) is 1.79. The number of imidazole rings is 1. The van der Waals surface area contributed by atoms with E-state index < -0.39 is 0 Å². The van der Waals surface area contributed by atoms with E-state index in [1.807, 2.05) is 53.7 Å². The molecule has 6 nitrogen and oxygen atoms in total. The molecule has 1 amide bonds. The van der Waals surface area contributed by atoms with Crippen LogP contribution in [-0.4, -0.2) is 45.5 Å². The molecule has 144 valence electrons. The first kappa shape index (κ1) is 18.2. The minimum atomic E-state index is 0.0796. The number of aryl methyl sites for hydroxylation is 1. The van der Waals surface area contributed by atoms with Crippen LogP contribution in [0.5, 0.6) is 5.75 Å². The predicted octanol–water partition coefficient (Wildman–Crippen LogP) is 3.74. The van der Waals surface area contributed by atoms with Crippen LogP contribution in [0, 0.1) is 6.92 Å². The molecule has 0 spiro atoms. The van der Waals surface area contributed by atoms with E-state index in [0.29, 0.717) is 11.6 Å². The molecule has 3 aromatic rings. The number of hydrogen-bond donors (Lipinski definition) is 0. The summed E-state index contributed by atoms with van der Waals surface area (Å²) in [4.78, 5) is 23.6. The van der Waals surface area contributed by atoms with Crippen LogP contribution in [0.25, 0.3) is 11.4 Å². The minimum absolute atomic E-state index is 0.0796. The fraction of sp³-hybridized carbons (Fsp3) is 0.318. The molecule has 28 heavy (non-hydrogen) atoms. The van der Waals surface area contributed by atoms with Gasteiger partial charge in [0, 0.05) is 54.5 Å². The van der Waals surface area contributed by atoms with Crippen LogP contribution >= 0.6 is 0 Å². The topological polar surface area (TPSA) is 60.2 Å². The first-order valence-corrected chi connectivity index (χ1v) is 9.55. The second-order valence-electron chi connectivity index (χ2n) is 7.09. The van der Waals surface area contributed by atoms with Crippen molar-refractivity contribution in [1.82, 2.24) is 19.4 Å². The molecule has 1 aliphatic heterocycles. The van der Waals surface area contributed by atoms with Gasteiger partial charge in [0.05, 0.1) is 7.11 Å². The maximum Gasteiger partial charge on any atom is 0.253 e. The number of amides is 1. The molecule has 1 saturated heterocycles. The summed E-state index contributed by atoms with van der Waals surface area (Å²) in [5.41, 5.74) is 2.86. The molecule has 2 aromatic heterocycles. The summed E-state index contributed by atoms with van der Waals surface area (Å²) in [6.07, 6.45) is 7.35. The number of carbonyl (C=O) groups is 1. The van der Waals surface area contributed by atoms with Crippen LogP contribution in [0.4, 0.5) is 0 Å². The quantitative estimate of drug-likeness (QED) is 0.696. The normalized spacial score (nSPS) is 14.9. The van der Waals surface area contributed by atoms with Crippen LogP contribution in [0.1, 0.15) is 34.9 Å². The molecule has 1 fully saturated rings. The minimum Gasteiger partial charge on any atom is -0.497 e. The van der Waals surface area contributed by atoms with E-state index in [4.69, 9.17) is 4.74 Å². The summed E-state index contributed by atoms with van der Waals surface area (Å²) in [7, 11) is 1.62. The van der Waals surface area contributed by atoms with Crippen molar-refractivity contribution in [3.05, 3.63) is 66.2 Å². The van der Waals surface area contributed by atoms with Crippen molar-refractivity contribution in [3.8, 4) is 17.1 Å². The number of likely N-dealkylation sites (tertiary alicyclic amines) is 1. The Morgan fingerprint density at radius 1 is 1.11 bits per heavy atom. The van der Waals surface area contributed by atoms with Crippen LogP contribution in [0.15, 0.2) is 55.0 Å². The van der Waals surface area contributed by atoms with E-state index in [0.717, 1.165) is 48.8 Å². The van der Waals surface area contributed by atoms with Gasteiger partial charge in [0.2, 0.25) is 0 Å². The molecule has 0 atom stereocenters. The Kier molecular flexibility index (Phi) is 5.10. The second-order valence-corrected chi connectivity index (χ2v) is 7.09. The SMILES string of the molecule is COc1ccc(C(=O)N2CCC(n3c(C)cnc3-c3cccnc3)CC2)cc1. The number of rotatable bonds is 4. The highest BCUT2D eigenvalue weighted by Crippen LogP contribution is 2.30. The first-order valence-electron chi connectivity index (χ1n) is 9.55. The Morgan fingerprint density at radius 2 is 1.86 bits per heavy atom. The third-order valence-corrected chi connectivity index (χ3v) is 5.36. The Hall–Kier alpha value is -3.15. The van der Waals surface area contributed by atoms with Gasteiger partial charge in [-0.15, -0.1) is 0 Å². The Labute approximate surface area is 164 Å². The van der Waals surface area contributed by atoms with Gasteiger partial charge in [-0.25, -0.2) is 4.98 Å². The molecule has 0 radical (unpaired) electrons. The van der Waals surface area contributed by atoms with Gasteiger partial charge >= 0.3 is 0 Å². The van der Waals surface area contributed by atoms with Crippen molar-refractivity contribution in [1.29, 1.82) is 0 Å². The zero-order chi connectivity index (χ0) is 19.5. The number of nitrogens with zero attached hydrogens (tertiary/aromatic N) is 4. The first-order chi connectivity index (χ1) is 13.7. The maximum absolute atomic E-state index is 12.8. The molecule has 6 heteroatoms. The third-order valence-electron chi connectivity index (χ3n) is 5.36. The second kappa shape index (κ2) is 7.84. The van der Waals surface area contributed by atoms with Crippen molar-refractivity contribution in [2.75, 3.05) is 20.2 Å². The standard InChI is InChI=1S/C22H24N4O2/c1-16-14-24-21(18-4-3-11-23-15-18)26(16)19-9-12-25(13-10-19)22(27)17-5-7-20(28-2)8-6-17/h3-8,11,14-15,19H,9-10,12-13H2,1-2H3. The number of hydrogen-bond acceptors (Lipinski definition) is 4. The number of benzene rings is 1. The molecule has 0 unspecified atom stereocenters. The number of pyridine rings is 1. The highest BCUT2D eigenvalue weighted by molar-refractivity contribution is 5.94. The lowest BCUT2D eigenvalue weighted by Gasteiger charge is -2.34.